The summed E-state index contributed by atoms with van der Waals surface area (Å²) in [7, 11) is 0. The molecule has 0 bridgehead atoms. The number of alkyl halides is 3. The summed E-state index contributed by atoms with van der Waals surface area (Å²) in [6.07, 6.45) is -2.73. The Kier molecular flexibility index (Phi) is 4.93. The summed E-state index contributed by atoms with van der Waals surface area (Å²) in [6.45, 7) is 0. The van der Waals surface area contributed by atoms with Crippen molar-refractivity contribution in [2.24, 2.45) is 11.8 Å². The minimum atomic E-state index is -4.30. The largest absolute Gasteiger partial charge is 0.392 e. The van der Waals surface area contributed by atoms with Crippen molar-refractivity contribution in [1.82, 2.24) is 0 Å². The summed E-state index contributed by atoms with van der Waals surface area (Å²) in [6, 6.07) is 7.07. The lowest BCUT2D eigenvalue weighted by Crippen LogP contribution is -2.39. The van der Waals surface area contributed by atoms with Crippen LogP contribution in [0.4, 0.5) is 18.9 Å². The summed E-state index contributed by atoms with van der Waals surface area (Å²) in [5, 5.41) is 2.64. The molecule has 1 aliphatic carbocycles. The molecule has 2 nitrogen and oxygen atoms in total. The number of carbonyl (C=O) groups excluding carboxylic acids is 1. The smallest absolute Gasteiger partial charge is 0.325 e. The molecule has 1 N–H and O–H groups in total. The van der Waals surface area contributed by atoms with Crippen molar-refractivity contribution in [3.05, 3.63) is 27.8 Å². The minimum absolute atomic E-state index is 0.0491. The van der Waals surface area contributed by atoms with Gasteiger partial charge in [-0.3, -0.25) is 4.79 Å². The molecule has 0 radical (unpaired) electrons. The number of amides is 1. The summed E-state index contributed by atoms with van der Waals surface area (Å²) in [4.78, 5) is 12.2. The van der Waals surface area contributed by atoms with Crippen molar-refractivity contribution < 1.29 is 18.0 Å². The molecule has 1 aromatic carbocycles. The third-order valence-electron chi connectivity index (χ3n) is 3.65. The van der Waals surface area contributed by atoms with Crippen molar-refractivity contribution >= 4 is 34.2 Å². The molecule has 2 unspecified atom stereocenters. The number of benzene rings is 1. The van der Waals surface area contributed by atoms with Gasteiger partial charge in [0.15, 0.2) is 0 Å². The van der Waals surface area contributed by atoms with Crippen LogP contribution in [0.25, 0.3) is 0 Å². The summed E-state index contributed by atoms with van der Waals surface area (Å²) in [5.41, 5.74) is 0.574. The minimum Gasteiger partial charge on any atom is -0.325 e. The van der Waals surface area contributed by atoms with E-state index in [1.807, 2.05) is 28.7 Å². The highest BCUT2D eigenvalue weighted by atomic mass is 127. The molecule has 2 atom stereocenters. The molecular formula is C14H15F3INO. The van der Waals surface area contributed by atoms with Crippen LogP contribution in [0.5, 0.6) is 0 Å². The zero-order chi connectivity index (χ0) is 14.8. The van der Waals surface area contributed by atoms with Gasteiger partial charge in [0.1, 0.15) is 0 Å². The van der Waals surface area contributed by atoms with Crippen LogP contribution in [-0.2, 0) is 4.79 Å². The van der Waals surface area contributed by atoms with Gasteiger partial charge in [0.2, 0.25) is 5.91 Å². The fourth-order valence-electron chi connectivity index (χ4n) is 2.62. The first-order valence-electron chi connectivity index (χ1n) is 6.51. The van der Waals surface area contributed by atoms with Crippen LogP contribution in [0, 0.1) is 15.4 Å². The van der Waals surface area contributed by atoms with E-state index in [1.165, 1.54) is 0 Å². The van der Waals surface area contributed by atoms with E-state index in [1.54, 1.807) is 18.2 Å². The van der Waals surface area contributed by atoms with Crippen molar-refractivity contribution in [3.63, 3.8) is 0 Å². The van der Waals surface area contributed by atoms with Gasteiger partial charge < -0.3 is 5.32 Å². The van der Waals surface area contributed by atoms with Gasteiger partial charge >= 0.3 is 6.18 Å². The third kappa shape index (κ3) is 3.65. The number of anilines is 1. The molecule has 0 saturated heterocycles. The molecule has 0 spiro atoms. The zero-order valence-electron chi connectivity index (χ0n) is 10.7. The molecule has 20 heavy (non-hydrogen) atoms. The number of hydrogen-bond acceptors (Lipinski definition) is 1. The second-order valence-electron chi connectivity index (χ2n) is 5.01. The van der Waals surface area contributed by atoms with Gasteiger partial charge in [0.05, 0.1) is 11.6 Å². The lowest BCUT2D eigenvalue weighted by Gasteiger charge is -2.32. The third-order valence-corrected chi connectivity index (χ3v) is 4.60. The molecular weight excluding hydrogens is 382 g/mol. The van der Waals surface area contributed by atoms with Crippen molar-refractivity contribution in [3.8, 4) is 0 Å². The maximum Gasteiger partial charge on any atom is 0.392 e. The van der Waals surface area contributed by atoms with E-state index in [4.69, 9.17) is 0 Å². The SMILES string of the molecule is O=C(Nc1ccccc1I)C1CCCCC1C(F)(F)F. The highest BCUT2D eigenvalue weighted by Crippen LogP contribution is 2.42. The van der Waals surface area contributed by atoms with Gasteiger partial charge in [0, 0.05) is 9.49 Å². The summed E-state index contributed by atoms with van der Waals surface area (Å²) >= 11 is 2.05. The maximum atomic E-state index is 13.0. The van der Waals surface area contributed by atoms with E-state index >= 15 is 0 Å². The molecule has 2 rings (SSSR count). The Balaban J connectivity index is 2.13. The highest BCUT2D eigenvalue weighted by Gasteiger charge is 2.48. The first kappa shape index (κ1) is 15.6. The first-order chi connectivity index (χ1) is 9.39. The monoisotopic (exact) mass is 397 g/mol. The fourth-order valence-corrected chi connectivity index (χ4v) is 3.15. The van der Waals surface area contributed by atoms with Crippen LogP contribution in [0.15, 0.2) is 24.3 Å². The molecule has 1 aliphatic rings. The van der Waals surface area contributed by atoms with Crippen molar-refractivity contribution in [2.45, 2.75) is 31.9 Å². The van der Waals surface area contributed by atoms with Crippen LogP contribution >= 0.6 is 22.6 Å². The molecule has 0 aliphatic heterocycles. The van der Waals surface area contributed by atoms with Crippen molar-refractivity contribution in [1.29, 1.82) is 0 Å². The van der Waals surface area contributed by atoms with Crippen molar-refractivity contribution in [2.75, 3.05) is 5.32 Å². The Morgan fingerprint density at radius 3 is 2.50 bits per heavy atom. The predicted octanol–water partition coefficient (Wildman–Crippen LogP) is 4.60. The number of rotatable bonds is 2. The van der Waals surface area contributed by atoms with E-state index < -0.39 is 23.9 Å². The average Bonchev–Trinajstić information content (AvgIpc) is 2.40. The van der Waals surface area contributed by atoms with Gasteiger partial charge in [-0.05, 0) is 47.6 Å². The number of hydrogen-bond donors (Lipinski definition) is 1. The molecule has 6 heteroatoms. The van der Waals surface area contributed by atoms with Crippen LogP contribution in [0.2, 0.25) is 0 Å². The standard InChI is InChI=1S/C14H15F3INO/c15-14(16,17)10-6-2-1-5-9(10)13(20)19-12-8-4-3-7-11(12)18/h3-4,7-10H,1-2,5-6H2,(H,19,20). The second kappa shape index (κ2) is 6.32. The Labute approximate surface area is 129 Å². The van der Waals surface area contributed by atoms with Crippen LogP contribution in [0.1, 0.15) is 25.7 Å². The molecule has 1 amide bonds. The van der Waals surface area contributed by atoms with E-state index in [0.717, 1.165) is 3.57 Å². The fraction of sp³-hybridized carbons (Fsp3) is 0.500. The van der Waals surface area contributed by atoms with Gasteiger partial charge in [-0.15, -0.1) is 0 Å². The van der Waals surface area contributed by atoms with Gasteiger partial charge in [0.25, 0.3) is 0 Å². The lowest BCUT2D eigenvalue weighted by atomic mass is 9.78. The predicted molar refractivity (Wildman–Crippen MR) is 79.3 cm³/mol. The van der Waals surface area contributed by atoms with E-state index in [9.17, 15) is 18.0 Å². The summed E-state index contributed by atoms with van der Waals surface area (Å²) in [5.74, 6) is -3.01. The normalized spacial score (nSPS) is 23.4. The van der Waals surface area contributed by atoms with Gasteiger partial charge in [-0.1, -0.05) is 25.0 Å². The molecule has 1 aromatic rings. The van der Waals surface area contributed by atoms with Gasteiger partial charge in [-0.25, -0.2) is 0 Å². The zero-order valence-corrected chi connectivity index (χ0v) is 12.9. The number of nitrogens with one attached hydrogen (secondary N) is 1. The quantitative estimate of drug-likeness (QED) is 0.727. The molecule has 110 valence electrons. The molecule has 1 fully saturated rings. The number of para-hydroxylation sites is 1. The number of halogens is 4. The second-order valence-corrected chi connectivity index (χ2v) is 6.17. The lowest BCUT2D eigenvalue weighted by molar-refractivity contribution is -0.197. The number of carbonyl (C=O) groups is 1. The maximum absolute atomic E-state index is 13.0. The van der Waals surface area contributed by atoms with Crippen LogP contribution < -0.4 is 5.32 Å². The van der Waals surface area contributed by atoms with Crippen LogP contribution in [-0.4, -0.2) is 12.1 Å². The summed E-state index contributed by atoms with van der Waals surface area (Å²) < 4.78 is 39.8. The first-order valence-corrected chi connectivity index (χ1v) is 7.59. The Hall–Kier alpha value is -0.790. The molecule has 1 saturated carbocycles. The van der Waals surface area contributed by atoms with E-state index in [0.29, 0.717) is 24.9 Å². The molecule has 0 aromatic heterocycles. The van der Waals surface area contributed by atoms with E-state index in [-0.39, 0.29) is 6.42 Å². The Bertz CT molecular complexity index is 490. The topological polar surface area (TPSA) is 29.1 Å². The van der Waals surface area contributed by atoms with Crippen LogP contribution in [0.3, 0.4) is 0 Å². The Morgan fingerprint density at radius 1 is 1.20 bits per heavy atom. The highest BCUT2D eigenvalue weighted by molar-refractivity contribution is 14.1. The van der Waals surface area contributed by atoms with E-state index in [2.05, 4.69) is 5.32 Å². The Morgan fingerprint density at radius 2 is 1.85 bits per heavy atom. The molecule has 0 heterocycles. The van der Waals surface area contributed by atoms with Gasteiger partial charge in [-0.2, -0.15) is 13.2 Å². The average molecular weight is 397 g/mol.